The summed E-state index contributed by atoms with van der Waals surface area (Å²) in [5.74, 6) is -0.864. The number of hydrogen-bond donors (Lipinski definition) is 1. The molecule has 0 spiro atoms. The van der Waals surface area contributed by atoms with Crippen molar-refractivity contribution in [2.75, 3.05) is 5.32 Å². The maximum atomic E-state index is 13.5. The summed E-state index contributed by atoms with van der Waals surface area (Å²) in [5, 5.41) is 2.51. The van der Waals surface area contributed by atoms with Gasteiger partial charge in [-0.1, -0.05) is 53.5 Å². The Bertz CT molecular complexity index is 919. The molecule has 0 saturated carbocycles. The Morgan fingerprint density at radius 3 is 2.54 bits per heavy atom. The molecular formula is C19H13Cl2FN2O2. The molecule has 0 aliphatic rings. The molecule has 1 heterocycles. The number of hydrogen-bond acceptors (Lipinski definition) is 3. The van der Waals surface area contributed by atoms with Crippen LogP contribution in [0.2, 0.25) is 10.0 Å². The number of carbonyl (C=O) groups is 1. The minimum Gasteiger partial charge on any atom is -0.473 e. The first-order valence-corrected chi connectivity index (χ1v) is 8.37. The van der Waals surface area contributed by atoms with Crippen LogP contribution in [0.3, 0.4) is 0 Å². The smallest absolute Gasteiger partial charge is 0.257 e. The van der Waals surface area contributed by atoms with Crippen molar-refractivity contribution in [3.8, 4) is 5.88 Å². The monoisotopic (exact) mass is 390 g/mol. The third-order valence-corrected chi connectivity index (χ3v) is 4.08. The Kier molecular flexibility index (Phi) is 5.71. The second-order valence-electron chi connectivity index (χ2n) is 5.36. The average molecular weight is 391 g/mol. The van der Waals surface area contributed by atoms with E-state index in [1.54, 1.807) is 12.1 Å². The lowest BCUT2D eigenvalue weighted by Crippen LogP contribution is -2.13. The molecule has 0 atom stereocenters. The Morgan fingerprint density at radius 2 is 1.85 bits per heavy atom. The highest BCUT2D eigenvalue weighted by Gasteiger charge is 2.14. The standard InChI is InChI=1S/C19H13Cl2FN2O2/c20-15-9-16(21)17(22)8-14(15)19(25)24-13-6-7-18(23-10-13)26-11-12-4-2-1-3-5-12/h1-10H,11H2,(H,24,25). The van der Waals surface area contributed by atoms with E-state index in [1.165, 1.54) is 12.3 Å². The van der Waals surface area contributed by atoms with Gasteiger partial charge >= 0.3 is 0 Å². The van der Waals surface area contributed by atoms with Crippen LogP contribution in [-0.4, -0.2) is 10.9 Å². The van der Waals surface area contributed by atoms with Gasteiger partial charge in [-0.05, 0) is 23.8 Å². The van der Waals surface area contributed by atoms with Crippen molar-refractivity contribution < 1.29 is 13.9 Å². The Labute approximate surface area is 159 Å². The summed E-state index contributed by atoms with van der Waals surface area (Å²) in [7, 11) is 0. The third kappa shape index (κ3) is 4.50. The van der Waals surface area contributed by atoms with E-state index in [-0.39, 0.29) is 15.6 Å². The molecule has 0 radical (unpaired) electrons. The molecule has 0 aliphatic heterocycles. The van der Waals surface area contributed by atoms with Gasteiger partial charge in [-0.25, -0.2) is 9.37 Å². The molecule has 0 unspecified atom stereocenters. The van der Waals surface area contributed by atoms with Gasteiger partial charge in [-0.3, -0.25) is 4.79 Å². The van der Waals surface area contributed by atoms with Gasteiger partial charge in [0.15, 0.2) is 0 Å². The molecule has 0 fully saturated rings. The van der Waals surface area contributed by atoms with Crippen LogP contribution in [0, 0.1) is 5.82 Å². The van der Waals surface area contributed by atoms with Crippen molar-refractivity contribution in [2.45, 2.75) is 6.61 Å². The average Bonchev–Trinajstić information content (AvgIpc) is 2.65. The number of aromatic nitrogens is 1. The normalized spacial score (nSPS) is 10.4. The van der Waals surface area contributed by atoms with E-state index in [2.05, 4.69) is 10.3 Å². The molecule has 1 N–H and O–H groups in total. The lowest BCUT2D eigenvalue weighted by Gasteiger charge is -2.09. The van der Waals surface area contributed by atoms with Crippen molar-refractivity contribution in [1.82, 2.24) is 4.98 Å². The largest absolute Gasteiger partial charge is 0.473 e. The van der Waals surface area contributed by atoms with Gasteiger partial charge in [-0.2, -0.15) is 0 Å². The summed E-state index contributed by atoms with van der Waals surface area (Å²) >= 11 is 11.6. The lowest BCUT2D eigenvalue weighted by molar-refractivity contribution is 0.102. The number of nitrogens with one attached hydrogen (secondary N) is 1. The Balaban J connectivity index is 1.64. The van der Waals surface area contributed by atoms with Crippen LogP contribution >= 0.6 is 23.2 Å². The van der Waals surface area contributed by atoms with Crippen LogP contribution in [0.15, 0.2) is 60.8 Å². The molecule has 7 heteroatoms. The van der Waals surface area contributed by atoms with Crippen molar-refractivity contribution in [3.63, 3.8) is 0 Å². The predicted octanol–water partition coefficient (Wildman–Crippen LogP) is 5.36. The van der Waals surface area contributed by atoms with Crippen molar-refractivity contribution >= 4 is 34.8 Å². The highest BCUT2D eigenvalue weighted by Crippen LogP contribution is 2.25. The molecule has 0 bridgehead atoms. The minimum absolute atomic E-state index is 0.0158. The number of carbonyl (C=O) groups excluding carboxylic acids is 1. The van der Waals surface area contributed by atoms with Gasteiger partial charge < -0.3 is 10.1 Å². The number of amides is 1. The van der Waals surface area contributed by atoms with Gasteiger partial charge in [0.25, 0.3) is 5.91 Å². The van der Waals surface area contributed by atoms with Crippen molar-refractivity contribution in [1.29, 1.82) is 0 Å². The zero-order valence-corrected chi connectivity index (χ0v) is 14.9. The second-order valence-corrected chi connectivity index (χ2v) is 6.17. The number of ether oxygens (including phenoxy) is 1. The summed E-state index contributed by atoms with van der Waals surface area (Å²) in [4.78, 5) is 16.4. The highest BCUT2D eigenvalue weighted by atomic mass is 35.5. The maximum absolute atomic E-state index is 13.5. The van der Waals surface area contributed by atoms with E-state index >= 15 is 0 Å². The fourth-order valence-corrected chi connectivity index (χ4v) is 2.64. The molecule has 132 valence electrons. The molecule has 4 nitrogen and oxygen atoms in total. The summed E-state index contributed by atoms with van der Waals surface area (Å²) in [6, 6.07) is 15.1. The molecule has 0 aliphatic carbocycles. The Morgan fingerprint density at radius 1 is 1.08 bits per heavy atom. The third-order valence-electron chi connectivity index (χ3n) is 3.48. The Hall–Kier alpha value is -2.63. The summed E-state index contributed by atoms with van der Waals surface area (Å²) < 4.78 is 19.1. The number of benzene rings is 2. The van der Waals surface area contributed by atoms with Gasteiger partial charge in [0.2, 0.25) is 5.88 Å². The van der Waals surface area contributed by atoms with E-state index in [0.29, 0.717) is 18.2 Å². The number of halogens is 3. The van der Waals surface area contributed by atoms with E-state index < -0.39 is 11.7 Å². The van der Waals surface area contributed by atoms with Crippen LogP contribution in [0.25, 0.3) is 0 Å². The zero-order chi connectivity index (χ0) is 18.5. The van der Waals surface area contributed by atoms with E-state index in [0.717, 1.165) is 11.6 Å². The first-order chi connectivity index (χ1) is 12.5. The fourth-order valence-electron chi connectivity index (χ4n) is 2.17. The molecule has 3 aromatic rings. The summed E-state index contributed by atoms with van der Waals surface area (Å²) in [6.07, 6.45) is 1.44. The molecule has 3 rings (SSSR count). The summed E-state index contributed by atoms with van der Waals surface area (Å²) in [6.45, 7) is 0.388. The predicted molar refractivity (Wildman–Crippen MR) is 99.4 cm³/mol. The van der Waals surface area contributed by atoms with Gasteiger partial charge in [0, 0.05) is 6.07 Å². The van der Waals surface area contributed by atoms with Gasteiger partial charge in [-0.15, -0.1) is 0 Å². The number of anilines is 1. The van der Waals surface area contributed by atoms with Crippen molar-refractivity contribution in [2.24, 2.45) is 0 Å². The second kappa shape index (κ2) is 8.17. The van der Waals surface area contributed by atoms with E-state index in [9.17, 15) is 9.18 Å². The van der Waals surface area contributed by atoms with E-state index in [1.807, 2.05) is 30.3 Å². The fraction of sp³-hybridized carbons (Fsp3) is 0.0526. The number of nitrogens with zero attached hydrogens (tertiary/aromatic N) is 1. The minimum atomic E-state index is -0.719. The highest BCUT2D eigenvalue weighted by molar-refractivity contribution is 6.37. The van der Waals surface area contributed by atoms with Crippen LogP contribution in [0.4, 0.5) is 10.1 Å². The first-order valence-electron chi connectivity index (χ1n) is 7.61. The molecule has 26 heavy (non-hydrogen) atoms. The quantitative estimate of drug-likeness (QED) is 0.596. The van der Waals surface area contributed by atoms with Crippen LogP contribution in [-0.2, 0) is 6.61 Å². The van der Waals surface area contributed by atoms with Crippen LogP contribution < -0.4 is 10.1 Å². The SMILES string of the molecule is O=C(Nc1ccc(OCc2ccccc2)nc1)c1cc(F)c(Cl)cc1Cl. The maximum Gasteiger partial charge on any atom is 0.257 e. The molecule has 1 aromatic heterocycles. The zero-order valence-electron chi connectivity index (χ0n) is 13.4. The van der Waals surface area contributed by atoms with E-state index in [4.69, 9.17) is 27.9 Å². The topological polar surface area (TPSA) is 51.2 Å². The number of rotatable bonds is 5. The van der Waals surface area contributed by atoms with Gasteiger partial charge in [0.1, 0.15) is 12.4 Å². The molecule has 1 amide bonds. The van der Waals surface area contributed by atoms with Crippen LogP contribution in [0.1, 0.15) is 15.9 Å². The van der Waals surface area contributed by atoms with Crippen molar-refractivity contribution in [3.05, 3.63) is 87.8 Å². The molecule has 2 aromatic carbocycles. The lowest BCUT2D eigenvalue weighted by atomic mass is 10.2. The van der Waals surface area contributed by atoms with Crippen LogP contribution in [0.5, 0.6) is 5.88 Å². The number of pyridine rings is 1. The molecule has 0 saturated heterocycles. The molecular weight excluding hydrogens is 378 g/mol. The summed E-state index contributed by atoms with van der Waals surface area (Å²) in [5.41, 5.74) is 1.43. The first kappa shape index (κ1) is 18.2. The van der Waals surface area contributed by atoms with Gasteiger partial charge in [0.05, 0.1) is 27.5 Å².